The number of thiophene rings is 1. The Bertz CT molecular complexity index is 614. The van der Waals surface area contributed by atoms with Crippen LogP contribution in [0.25, 0.3) is 11.1 Å². The molecule has 114 valence electrons. The van der Waals surface area contributed by atoms with Crippen molar-refractivity contribution in [3.8, 4) is 11.1 Å². The minimum Gasteiger partial charge on any atom is -0.309 e. The molecule has 0 saturated carbocycles. The summed E-state index contributed by atoms with van der Waals surface area (Å²) in [6.07, 6.45) is 0.288. The van der Waals surface area contributed by atoms with Gasteiger partial charge in [-0.3, -0.25) is 4.57 Å². The minimum atomic E-state index is -3.08. The van der Waals surface area contributed by atoms with Crippen LogP contribution in [0.4, 0.5) is 0 Å². The zero-order chi connectivity index (χ0) is 15.3. The molecule has 0 saturated heterocycles. The van der Waals surface area contributed by atoms with Crippen molar-refractivity contribution in [2.45, 2.75) is 20.0 Å². The average molecular weight is 345 g/mol. The summed E-state index contributed by atoms with van der Waals surface area (Å²) in [4.78, 5) is 0. The van der Waals surface area contributed by atoms with E-state index in [-0.39, 0.29) is 6.16 Å². The van der Waals surface area contributed by atoms with Gasteiger partial charge in [0.2, 0.25) is 0 Å². The third-order valence-electron chi connectivity index (χ3n) is 2.91. The number of rotatable bonds is 7. The molecule has 0 radical (unpaired) electrons. The molecule has 0 bridgehead atoms. The maximum absolute atomic E-state index is 12.7. The molecule has 0 unspecified atom stereocenters. The summed E-state index contributed by atoms with van der Waals surface area (Å²) in [5.74, 6) is 0. The van der Waals surface area contributed by atoms with Gasteiger partial charge >= 0.3 is 7.60 Å². The molecule has 0 fully saturated rings. The molecule has 3 nitrogen and oxygen atoms in total. The van der Waals surface area contributed by atoms with Crippen LogP contribution >= 0.6 is 30.5 Å². The summed E-state index contributed by atoms with van der Waals surface area (Å²) in [5, 5.41) is 4.74. The van der Waals surface area contributed by atoms with E-state index >= 15 is 0 Å². The van der Waals surface area contributed by atoms with Gasteiger partial charge < -0.3 is 9.05 Å². The van der Waals surface area contributed by atoms with Crippen LogP contribution in [-0.2, 0) is 19.8 Å². The van der Waals surface area contributed by atoms with Crippen molar-refractivity contribution < 1.29 is 13.6 Å². The largest absolute Gasteiger partial charge is 0.335 e. The average Bonchev–Trinajstić information content (AvgIpc) is 2.88. The SMILES string of the molecule is CCOP(=O)(Cc1cscc1-c1ccc(Cl)cc1)OCC. The van der Waals surface area contributed by atoms with Gasteiger partial charge in [0.1, 0.15) is 0 Å². The summed E-state index contributed by atoms with van der Waals surface area (Å²) < 4.78 is 23.4. The first-order valence-corrected chi connectivity index (χ1v) is 9.82. The molecule has 6 heteroatoms. The summed E-state index contributed by atoms with van der Waals surface area (Å²) in [6, 6.07) is 7.62. The van der Waals surface area contributed by atoms with Crippen molar-refractivity contribution in [1.29, 1.82) is 0 Å². The third kappa shape index (κ3) is 4.41. The van der Waals surface area contributed by atoms with Gasteiger partial charge in [-0.25, -0.2) is 0 Å². The van der Waals surface area contributed by atoms with Gasteiger partial charge in [0, 0.05) is 5.02 Å². The van der Waals surface area contributed by atoms with Crippen LogP contribution in [0.3, 0.4) is 0 Å². The highest BCUT2D eigenvalue weighted by Crippen LogP contribution is 2.52. The fourth-order valence-electron chi connectivity index (χ4n) is 2.06. The Morgan fingerprint density at radius 2 is 1.71 bits per heavy atom. The van der Waals surface area contributed by atoms with Crippen molar-refractivity contribution in [3.63, 3.8) is 0 Å². The highest BCUT2D eigenvalue weighted by molar-refractivity contribution is 7.53. The van der Waals surface area contributed by atoms with Crippen molar-refractivity contribution >= 4 is 30.5 Å². The smallest absolute Gasteiger partial charge is 0.309 e. The predicted molar refractivity (Wildman–Crippen MR) is 89.3 cm³/mol. The lowest BCUT2D eigenvalue weighted by Crippen LogP contribution is -1.99. The van der Waals surface area contributed by atoms with Crippen LogP contribution in [0.1, 0.15) is 19.4 Å². The second-order valence-corrected chi connectivity index (χ2v) is 7.66. The van der Waals surface area contributed by atoms with Gasteiger partial charge in [-0.1, -0.05) is 23.7 Å². The molecular weight excluding hydrogens is 327 g/mol. The summed E-state index contributed by atoms with van der Waals surface area (Å²) in [5.41, 5.74) is 3.08. The summed E-state index contributed by atoms with van der Waals surface area (Å²) in [7, 11) is -3.08. The first-order valence-electron chi connectivity index (χ1n) is 6.77. The van der Waals surface area contributed by atoms with Gasteiger partial charge in [0.05, 0.1) is 19.4 Å². The maximum Gasteiger partial charge on any atom is 0.335 e. The zero-order valence-electron chi connectivity index (χ0n) is 12.0. The van der Waals surface area contributed by atoms with Gasteiger partial charge in [0.25, 0.3) is 0 Å². The van der Waals surface area contributed by atoms with E-state index in [4.69, 9.17) is 20.6 Å². The van der Waals surface area contributed by atoms with Crippen LogP contribution in [0.2, 0.25) is 5.02 Å². The van der Waals surface area contributed by atoms with E-state index in [0.717, 1.165) is 16.7 Å². The minimum absolute atomic E-state index is 0.288. The Morgan fingerprint density at radius 3 is 2.29 bits per heavy atom. The molecule has 2 rings (SSSR count). The van der Waals surface area contributed by atoms with E-state index < -0.39 is 7.60 Å². The van der Waals surface area contributed by atoms with E-state index in [2.05, 4.69) is 0 Å². The van der Waals surface area contributed by atoms with Crippen LogP contribution in [0, 0.1) is 0 Å². The van der Waals surface area contributed by atoms with E-state index in [1.165, 1.54) is 0 Å². The monoisotopic (exact) mass is 344 g/mol. The number of hydrogen-bond acceptors (Lipinski definition) is 4. The number of hydrogen-bond donors (Lipinski definition) is 0. The topological polar surface area (TPSA) is 35.5 Å². The number of halogens is 1. The van der Waals surface area contributed by atoms with Gasteiger partial charge in [-0.2, -0.15) is 11.3 Å². The van der Waals surface area contributed by atoms with E-state index in [9.17, 15) is 4.57 Å². The fourth-order valence-corrected chi connectivity index (χ4v) is 4.90. The van der Waals surface area contributed by atoms with E-state index in [1.807, 2.05) is 48.9 Å². The molecule has 1 aromatic heterocycles. The quantitative estimate of drug-likeness (QED) is 0.592. The Balaban J connectivity index is 2.27. The van der Waals surface area contributed by atoms with Crippen molar-refractivity contribution in [3.05, 3.63) is 45.6 Å². The molecule has 0 aliphatic carbocycles. The van der Waals surface area contributed by atoms with Crippen molar-refractivity contribution in [1.82, 2.24) is 0 Å². The van der Waals surface area contributed by atoms with E-state index in [1.54, 1.807) is 11.3 Å². The summed E-state index contributed by atoms with van der Waals surface area (Å²) >= 11 is 7.50. The molecule has 1 heterocycles. The Morgan fingerprint density at radius 1 is 1.10 bits per heavy atom. The normalized spacial score (nSPS) is 11.8. The highest BCUT2D eigenvalue weighted by Gasteiger charge is 2.26. The second-order valence-electron chi connectivity index (χ2n) is 4.42. The lowest BCUT2D eigenvalue weighted by atomic mass is 10.1. The summed E-state index contributed by atoms with van der Waals surface area (Å²) in [6.45, 7) is 4.38. The Kier molecular flexibility index (Phi) is 6.03. The van der Waals surface area contributed by atoms with Crippen molar-refractivity contribution in [2.24, 2.45) is 0 Å². The van der Waals surface area contributed by atoms with Gasteiger partial charge in [-0.05, 0) is 53.4 Å². The standard InChI is InChI=1S/C15H18ClO3PS/c1-3-18-20(17,19-4-2)9-13-10-21-11-15(13)12-5-7-14(16)8-6-12/h5-8,10-11H,3-4,9H2,1-2H3. The fraction of sp³-hybridized carbons (Fsp3) is 0.333. The van der Waals surface area contributed by atoms with E-state index in [0.29, 0.717) is 18.2 Å². The molecule has 0 atom stereocenters. The van der Waals surface area contributed by atoms with Gasteiger partial charge in [0.15, 0.2) is 0 Å². The Labute approximate surface area is 134 Å². The molecule has 2 aromatic rings. The number of benzene rings is 1. The third-order valence-corrected chi connectivity index (χ3v) is 5.99. The molecule has 0 aliphatic heterocycles. The van der Waals surface area contributed by atoms with Crippen molar-refractivity contribution in [2.75, 3.05) is 13.2 Å². The molecule has 0 N–H and O–H groups in total. The highest BCUT2D eigenvalue weighted by atomic mass is 35.5. The molecule has 1 aromatic carbocycles. The van der Waals surface area contributed by atoms with Gasteiger partial charge in [-0.15, -0.1) is 0 Å². The first-order chi connectivity index (χ1) is 10.1. The predicted octanol–water partition coefficient (Wildman–Crippen LogP) is 5.83. The van der Waals surface area contributed by atoms with Crippen LogP contribution in [0.5, 0.6) is 0 Å². The maximum atomic E-state index is 12.7. The Hall–Kier alpha value is -0.640. The second kappa shape index (κ2) is 7.57. The first kappa shape index (κ1) is 16.7. The lowest BCUT2D eigenvalue weighted by Gasteiger charge is -2.17. The van der Waals surface area contributed by atoms with Crippen LogP contribution < -0.4 is 0 Å². The zero-order valence-corrected chi connectivity index (χ0v) is 14.5. The molecular formula is C15H18ClO3PS. The molecule has 0 amide bonds. The molecule has 0 aliphatic rings. The molecule has 0 spiro atoms. The molecule has 21 heavy (non-hydrogen) atoms. The van der Waals surface area contributed by atoms with Crippen LogP contribution in [0.15, 0.2) is 35.0 Å². The lowest BCUT2D eigenvalue weighted by molar-refractivity contribution is 0.219. The van der Waals surface area contributed by atoms with Crippen LogP contribution in [-0.4, -0.2) is 13.2 Å².